The average molecular weight is 546 g/mol. The zero-order valence-electron chi connectivity index (χ0n) is 19.1. The molecular formula is C25H24ClN3O3S3. The van der Waals surface area contributed by atoms with Gasteiger partial charge in [0.2, 0.25) is 5.91 Å². The van der Waals surface area contributed by atoms with E-state index in [9.17, 15) is 13.2 Å². The molecule has 1 atom stereocenters. The quantitative estimate of drug-likeness (QED) is 0.294. The number of aromatic nitrogens is 1. The number of carbonyl (C=O) groups excluding carboxylic acids is 1. The van der Waals surface area contributed by atoms with Gasteiger partial charge in [0.1, 0.15) is 10.3 Å². The molecule has 1 amide bonds. The lowest BCUT2D eigenvalue weighted by Crippen LogP contribution is -2.52. The van der Waals surface area contributed by atoms with Gasteiger partial charge >= 0.3 is 0 Å². The first-order chi connectivity index (χ1) is 16.8. The first-order valence-electron chi connectivity index (χ1n) is 11.3. The van der Waals surface area contributed by atoms with Crippen LogP contribution in [0, 0.1) is 6.92 Å². The number of fused-ring (bicyclic) bond motifs is 1. The summed E-state index contributed by atoms with van der Waals surface area (Å²) in [6.07, 6.45) is 1.96. The number of sulfonamides is 1. The summed E-state index contributed by atoms with van der Waals surface area (Å²) in [5.74, 6) is -0.253. The van der Waals surface area contributed by atoms with Crippen molar-refractivity contribution in [3.8, 4) is 0 Å². The van der Waals surface area contributed by atoms with Crippen LogP contribution in [0.4, 0.5) is 5.13 Å². The van der Waals surface area contributed by atoms with Gasteiger partial charge in [-0.25, -0.2) is 13.4 Å². The highest BCUT2D eigenvalue weighted by Crippen LogP contribution is 2.35. The van der Waals surface area contributed by atoms with Gasteiger partial charge in [-0.1, -0.05) is 71.8 Å². The van der Waals surface area contributed by atoms with Crippen LogP contribution >= 0.6 is 34.3 Å². The number of amides is 1. The van der Waals surface area contributed by atoms with Gasteiger partial charge in [0, 0.05) is 6.54 Å². The van der Waals surface area contributed by atoms with Crippen molar-refractivity contribution in [2.24, 2.45) is 0 Å². The molecule has 35 heavy (non-hydrogen) atoms. The summed E-state index contributed by atoms with van der Waals surface area (Å²) >= 11 is 8.49. The molecule has 1 fully saturated rings. The summed E-state index contributed by atoms with van der Waals surface area (Å²) in [6, 6.07) is 18.0. The molecule has 10 heteroatoms. The number of anilines is 1. The van der Waals surface area contributed by atoms with Crippen LogP contribution in [0.1, 0.15) is 30.4 Å². The summed E-state index contributed by atoms with van der Waals surface area (Å²) in [6.45, 7) is 2.61. The second-order valence-corrected chi connectivity index (χ2v) is 13.4. The lowest BCUT2D eigenvalue weighted by molar-refractivity contribution is -0.123. The number of aryl methyl sites for hydroxylation is 1. The third-order valence-corrected chi connectivity index (χ3v) is 10.8. The number of benzene rings is 2. The van der Waals surface area contributed by atoms with E-state index in [1.54, 1.807) is 11.0 Å². The maximum atomic E-state index is 14.1. The van der Waals surface area contributed by atoms with E-state index in [1.807, 2.05) is 55.5 Å². The molecule has 5 rings (SSSR count). The zero-order chi connectivity index (χ0) is 24.6. The number of hydrogen-bond acceptors (Lipinski definition) is 6. The van der Waals surface area contributed by atoms with Crippen molar-refractivity contribution in [2.45, 2.75) is 43.0 Å². The second-order valence-electron chi connectivity index (χ2n) is 8.51. The fraction of sp³-hybridized carbons (Fsp3) is 0.280. The Labute approximate surface area is 217 Å². The smallest absolute Gasteiger partial charge is 0.253 e. The largest absolute Gasteiger partial charge is 0.282 e. The Hall–Kier alpha value is -2.30. The van der Waals surface area contributed by atoms with E-state index in [0.29, 0.717) is 35.4 Å². The summed E-state index contributed by atoms with van der Waals surface area (Å²) in [5, 5.41) is 0.574. The van der Waals surface area contributed by atoms with Crippen LogP contribution in [-0.4, -0.2) is 36.2 Å². The molecule has 0 aliphatic carbocycles. The van der Waals surface area contributed by atoms with E-state index in [-0.39, 0.29) is 10.1 Å². The van der Waals surface area contributed by atoms with Gasteiger partial charge in [-0.05, 0) is 49.1 Å². The summed E-state index contributed by atoms with van der Waals surface area (Å²) in [7, 11) is -3.85. The standard InChI is InChI=1S/C25H24ClN3O3S3/c1-17-8-7-12-20-23(17)27-25(33-20)28(16-18-9-3-2-4-10-18)24(30)19-11-5-6-15-29(19)35(31,32)22-14-13-21(26)34-22/h2-4,7-10,12-14,19H,5-6,11,15-16H2,1H3. The van der Waals surface area contributed by atoms with Crippen molar-refractivity contribution in [1.29, 1.82) is 0 Å². The topological polar surface area (TPSA) is 70.6 Å². The second kappa shape index (κ2) is 9.99. The highest BCUT2D eigenvalue weighted by atomic mass is 35.5. The molecule has 0 radical (unpaired) electrons. The Kier molecular flexibility index (Phi) is 6.96. The molecule has 6 nitrogen and oxygen atoms in total. The number of thiophene rings is 1. The number of para-hydroxylation sites is 1. The Bertz CT molecular complexity index is 1470. The SMILES string of the molecule is Cc1cccc2sc(N(Cc3ccccc3)C(=O)C3CCCCN3S(=O)(=O)c3ccc(Cl)s3)nc12. The first kappa shape index (κ1) is 24.4. The number of thiazole rings is 1. The highest BCUT2D eigenvalue weighted by molar-refractivity contribution is 7.91. The van der Waals surface area contributed by atoms with E-state index >= 15 is 0 Å². The predicted molar refractivity (Wildman–Crippen MR) is 143 cm³/mol. The minimum Gasteiger partial charge on any atom is -0.282 e. The average Bonchev–Trinajstić information content (AvgIpc) is 3.50. The van der Waals surface area contributed by atoms with Crippen LogP contribution in [0.15, 0.2) is 64.9 Å². The van der Waals surface area contributed by atoms with Gasteiger partial charge in [0.25, 0.3) is 10.0 Å². The van der Waals surface area contributed by atoms with Crippen LogP contribution in [0.2, 0.25) is 4.34 Å². The Morgan fingerprint density at radius 1 is 1.09 bits per heavy atom. The number of halogens is 1. The van der Waals surface area contributed by atoms with Gasteiger partial charge in [-0.15, -0.1) is 11.3 Å². The van der Waals surface area contributed by atoms with E-state index in [1.165, 1.54) is 21.7 Å². The fourth-order valence-corrected chi connectivity index (χ4v) is 8.68. The lowest BCUT2D eigenvalue weighted by Gasteiger charge is -2.35. The zero-order valence-corrected chi connectivity index (χ0v) is 22.3. The van der Waals surface area contributed by atoms with Gasteiger partial charge in [-0.3, -0.25) is 9.69 Å². The molecule has 182 valence electrons. The molecule has 0 bridgehead atoms. The monoisotopic (exact) mass is 545 g/mol. The Morgan fingerprint density at radius 3 is 2.60 bits per heavy atom. The molecular weight excluding hydrogens is 522 g/mol. The Balaban J connectivity index is 1.55. The number of nitrogens with zero attached hydrogens (tertiary/aromatic N) is 3. The number of piperidine rings is 1. The van der Waals surface area contributed by atoms with Crippen molar-refractivity contribution in [2.75, 3.05) is 11.4 Å². The van der Waals surface area contributed by atoms with Crippen LogP contribution < -0.4 is 4.90 Å². The van der Waals surface area contributed by atoms with Crippen LogP contribution in [0.25, 0.3) is 10.2 Å². The van der Waals surface area contributed by atoms with Gasteiger partial charge in [-0.2, -0.15) is 4.31 Å². The molecule has 0 spiro atoms. The normalized spacial score (nSPS) is 17.0. The number of hydrogen-bond donors (Lipinski definition) is 0. The maximum absolute atomic E-state index is 14.1. The third kappa shape index (κ3) is 4.88. The van der Waals surface area contributed by atoms with E-state index in [4.69, 9.17) is 16.6 Å². The molecule has 1 aliphatic heterocycles. The Morgan fingerprint density at radius 2 is 1.89 bits per heavy atom. The van der Waals surface area contributed by atoms with Gasteiger partial charge < -0.3 is 0 Å². The van der Waals surface area contributed by atoms with E-state index < -0.39 is 16.1 Å². The molecule has 4 aromatic rings. The summed E-state index contributed by atoms with van der Waals surface area (Å²) in [5.41, 5.74) is 2.85. The lowest BCUT2D eigenvalue weighted by atomic mass is 10.0. The molecule has 2 aromatic carbocycles. The van der Waals surface area contributed by atoms with E-state index in [2.05, 4.69) is 0 Å². The van der Waals surface area contributed by atoms with Crippen molar-refractivity contribution < 1.29 is 13.2 Å². The molecule has 0 N–H and O–H groups in total. The van der Waals surface area contributed by atoms with Crippen molar-refractivity contribution in [1.82, 2.24) is 9.29 Å². The summed E-state index contributed by atoms with van der Waals surface area (Å²) in [4.78, 5) is 20.6. The molecule has 2 aromatic heterocycles. The van der Waals surface area contributed by atoms with Crippen LogP contribution in [0.5, 0.6) is 0 Å². The molecule has 3 heterocycles. The highest BCUT2D eigenvalue weighted by Gasteiger charge is 2.41. The van der Waals surface area contributed by atoms with Crippen LogP contribution in [0.3, 0.4) is 0 Å². The van der Waals surface area contributed by atoms with E-state index in [0.717, 1.165) is 39.1 Å². The van der Waals surface area contributed by atoms with Gasteiger partial charge in [0.05, 0.1) is 21.1 Å². The van der Waals surface area contributed by atoms with Crippen LogP contribution in [-0.2, 0) is 21.4 Å². The van der Waals surface area contributed by atoms with Crippen molar-refractivity contribution >= 4 is 65.6 Å². The molecule has 0 saturated carbocycles. The third-order valence-electron chi connectivity index (χ3n) is 6.14. The predicted octanol–water partition coefficient (Wildman–Crippen LogP) is 6.10. The molecule has 1 unspecified atom stereocenters. The number of carbonyl (C=O) groups is 1. The van der Waals surface area contributed by atoms with Crippen molar-refractivity contribution in [3.63, 3.8) is 0 Å². The summed E-state index contributed by atoms with van der Waals surface area (Å²) < 4.78 is 29.9. The van der Waals surface area contributed by atoms with Crippen molar-refractivity contribution in [3.05, 3.63) is 76.1 Å². The fourth-order valence-electron chi connectivity index (χ4n) is 4.37. The number of rotatable bonds is 6. The first-order valence-corrected chi connectivity index (χ1v) is 14.8. The maximum Gasteiger partial charge on any atom is 0.253 e. The molecule has 1 saturated heterocycles. The minimum atomic E-state index is -3.85. The molecule has 1 aliphatic rings. The minimum absolute atomic E-state index is 0.160. The van der Waals surface area contributed by atoms with Gasteiger partial charge in [0.15, 0.2) is 5.13 Å².